The zero-order valence-electron chi connectivity index (χ0n) is 7.19. The molecule has 0 unspecified atom stereocenters. The molecular weight excluding hydrogens is 336 g/mol. The summed E-state index contributed by atoms with van der Waals surface area (Å²) in [6.45, 7) is 7.14. The van der Waals surface area contributed by atoms with Crippen LogP contribution in [0.4, 0.5) is 0 Å². The molecule has 1 saturated heterocycles. The Bertz CT molecular complexity index is 77.3. The summed E-state index contributed by atoms with van der Waals surface area (Å²) >= 11 is 0. The molecule has 0 atom stereocenters. The van der Waals surface area contributed by atoms with Crippen molar-refractivity contribution in [3.8, 4) is 0 Å². The fraction of sp³-hybridized carbons (Fsp3) is 1.00. The van der Waals surface area contributed by atoms with Gasteiger partial charge in [-0.1, -0.05) is 13.8 Å². The van der Waals surface area contributed by atoms with Gasteiger partial charge in [-0.15, -0.1) is 0 Å². The molecule has 2 radical (unpaired) electrons. The van der Waals surface area contributed by atoms with Gasteiger partial charge in [0, 0.05) is 45.0 Å². The molecule has 0 saturated carbocycles. The van der Waals surface area contributed by atoms with Crippen molar-refractivity contribution in [1.29, 1.82) is 0 Å². The first-order valence-corrected chi connectivity index (χ1v) is 4.01. The van der Waals surface area contributed by atoms with Crippen LogP contribution in [0.1, 0.15) is 26.7 Å². The summed E-state index contributed by atoms with van der Waals surface area (Å²) in [5.74, 6) is 1.89. The number of hydrogen-bond acceptors (Lipinski definition) is 1. The third-order valence-corrected chi connectivity index (χ3v) is 2.33. The Hall–Kier alpha value is 1.43. The van der Waals surface area contributed by atoms with Gasteiger partial charge in [-0.3, -0.25) is 0 Å². The van der Waals surface area contributed by atoms with Gasteiger partial charge in [0.1, 0.15) is 0 Å². The van der Waals surface area contributed by atoms with E-state index in [1.165, 1.54) is 25.9 Å². The molecule has 1 aliphatic rings. The van der Waals surface area contributed by atoms with Crippen molar-refractivity contribution in [3.05, 3.63) is 0 Å². The molecule has 2 heteroatoms. The summed E-state index contributed by atoms with van der Waals surface area (Å²) in [4.78, 5) is 0. The van der Waals surface area contributed by atoms with Crippen LogP contribution in [0.15, 0.2) is 0 Å². The van der Waals surface area contributed by atoms with Gasteiger partial charge in [0.05, 0.1) is 0 Å². The van der Waals surface area contributed by atoms with Crippen LogP contribution in [0.25, 0.3) is 0 Å². The molecule has 0 aromatic carbocycles. The van der Waals surface area contributed by atoms with E-state index in [-0.39, 0.29) is 45.0 Å². The summed E-state index contributed by atoms with van der Waals surface area (Å²) < 4.78 is 0. The molecule has 1 rings (SSSR count). The molecule has 1 fully saturated rings. The van der Waals surface area contributed by atoms with E-state index in [1.54, 1.807) is 0 Å². The molecule has 1 N–H and O–H groups in total. The monoisotopic (exact) mass is 353 g/mol. The van der Waals surface area contributed by atoms with E-state index < -0.39 is 0 Å². The molecule has 0 aromatic heterocycles. The molecule has 1 nitrogen and oxygen atoms in total. The van der Waals surface area contributed by atoms with Gasteiger partial charge >= 0.3 is 0 Å². The second-order valence-electron chi connectivity index (χ2n) is 3.33. The molecule has 10 heavy (non-hydrogen) atoms. The van der Waals surface area contributed by atoms with Crippen molar-refractivity contribution >= 4 is 0 Å². The molecule has 1 aliphatic heterocycles. The van der Waals surface area contributed by atoms with Crippen molar-refractivity contribution in [1.82, 2.24) is 5.32 Å². The van der Waals surface area contributed by atoms with Crippen LogP contribution >= 0.6 is 0 Å². The van der Waals surface area contributed by atoms with Gasteiger partial charge in [-0.05, 0) is 37.8 Å². The standard InChI is InChI=1S/C8H17N.Ra/c1-7(2)8-3-5-9-6-4-8;/h7-9H,3-6H2,1-2H3;. The van der Waals surface area contributed by atoms with Crippen LogP contribution in [0.2, 0.25) is 0 Å². The van der Waals surface area contributed by atoms with E-state index in [0.717, 1.165) is 11.8 Å². The molecule has 1 heterocycles. The van der Waals surface area contributed by atoms with Crippen molar-refractivity contribution in [2.45, 2.75) is 26.7 Å². The Morgan fingerprint density at radius 2 is 1.70 bits per heavy atom. The predicted molar refractivity (Wildman–Crippen MR) is 40.4 cm³/mol. The zero-order valence-corrected chi connectivity index (χ0v) is 13.0. The first-order valence-electron chi connectivity index (χ1n) is 4.01. The molecule has 0 spiro atoms. The first-order chi connectivity index (χ1) is 4.30. The Morgan fingerprint density at radius 3 is 2.00 bits per heavy atom. The fourth-order valence-electron chi connectivity index (χ4n) is 1.51. The topological polar surface area (TPSA) is 12.0 Å². The van der Waals surface area contributed by atoms with E-state index in [1.807, 2.05) is 0 Å². The second-order valence-corrected chi connectivity index (χ2v) is 3.33. The Labute approximate surface area is 101 Å². The van der Waals surface area contributed by atoms with E-state index in [0.29, 0.717) is 0 Å². The minimum Gasteiger partial charge on any atom is -0.317 e. The van der Waals surface area contributed by atoms with Crippen LogP contribution < -0.4 is 5.32 Å². The van der Waals surface area contributed by atoms with Gasteiger partial charge in [-0.2, -0.15) is 0 Å². The Kier molecular flexibility index (Phi) is 6.86. The first kappa shape index (κ1) is 11.4. The second kappa shape index (κ2) is 6.00. The Balaban J connectivity index is 0.000000810. The van der Waals surface area contributed by atoms with Gasteiger partial charge in [-0.25, -0.2) is 0 Å². The summed E-state index contributed by atoms with van der Waals surface area (Å²) in [7, 11) is 0. The average Bonchev–Trinajstić information content (AvgIpc) is 1.90. The quantitative estimate of drug-likeness (QED) is 0.756. The third-order valence-electron chi connectivity index (χ3n) is 2.33. The molecule has 56 valence electrons. The van der Waals surface area contributed by atoms with Crippen molar-refractivity contribution in [3.63, 3.8) is 0 Å². The van der Waals surface area contributed by atoms with E-state index in [4.69, 9.17) is 0 Å². The molecule has 0 amide bonds. The smallest absolute Gasteiger partial charge is 0 e. The zero-order chi connectivity index (χ0) is 6.69. The average molecular weight is 353 g/mol. The number of piperidine rings is 1. The van der Waals surface area contributed by atoms with Gasteiger partial charge in [0.15, 0.2) is 0 Å². The van der Waals surface area contributed by atoms with E-state index in [2.05, 4.69) is 19.2 Å². The maximum atomic E-state index is 3.37. The Morgan fingerprint density at radius 1 is 1.20 bits per heavy atom. The predicted octanol–water partition coefficient (Wildman–Crippen LogP) is 1.64. The summed E-state index contributed by atoms with van der Waals surface area (Å²) in [6.07, 6.45) is 2.77. The minimum atomic E-state index is 0. The van der Waals surface area contributed by atoms with Crippen LogP contribution in [0, 0.1) is 56.8 Å². The van der Waals surface area contributed by atoms with E-state index in [9.17, 15) is 0 Å². The summed E-state index contributed by atoms with van der Waals surface area (Å²) in [5.41, 5.74) is 0. The summed E-state index contributed by atoms with van der Waals surface area (Å²) in [5, 5.41) is 3.37. The molecule has 0 aliphatic carbocycles. The van der Waals surface area contributed by atoms with Crippen molar-refractivity contribution in [2.24, 2.45) is 11.8 Å². The molecular formula is C8H17NRa. The van der Waals surface area contributed by atoms with Crippen LogP contribution in [-0.4, -0.2) is 13.1 Å². The van der Waals surface area contributed by atoms with Gasteiger partial charge in [0.2, 0.25) is 0 Å². The fourth-order valence-corrected chi connectivity index (χ4v) is 1.51. The van der Waals surface area contributed by atoms with Crippen LogP contribution in [0.5, 0.6) is 0 Å². The molecule has 0 bridgehead atoms. The van der Waals surface area contributed by atoms with Crippen LogP contribution in [0.3, 0.4) is 0 Å². The number of nitrogens with one attached hydrogen (secondary N) is 1. The number of rotatable bonds is 1. The van der Waals surface area contributed by atoms with Gasteiger partial charge in [0.25, 0.3) is 0 Å². The normalized spacial score (nSPS) is 20.7. The minimum absolute atomic E-state index is 0. The van der Waals surface area contributed by atoms with Gasteiger partial charge < -0.3 is 5.32 Å². The SMILES string of the molecule is CC(C)C1CCNCC1.[Ra]. The molecule has 0 aromatic rings. The maximum Gasteiger partial charge on any atom is 0 e. The van der Waals surface area contributed by atoms with E-state index >= 15 is 0 Å². The van der Waals surface area contributed by atoms with Crippen LogP contribution in [-0.2, 0) is 0 Å². The summed E-state index contributed by atoms with van der Waals surface area (Å²) in [6, 6.07) is 0. The third kappa shape index (κ3) is 3.71. The van der Waals surface area contributed by atoms with Crippen molar-refractivity contribution in [2.75, 3.05) is 13.1 Å². The largest absolute Gasteiger partial charge is 0.317 e. The number of hydrogen-bond donors (Lipinski definition) is 1. The maximum absolute atomic E-state index is 3.37. The van der Waals surface area contributed by atoms with Crippen molar-refractivity contribution < 1.29 is 45.0 Å².